The average molecular weight is 405 g/mol. The number of H-pyrrole nitrogens is 1. The van der Waals surface area contributed by atoms with E-state index in [1.54, 1.807) is 6.07 Å². The maximum Gasteiger partial charge on any atom is 0.281 e. The summed E-state index contributed by atoms with van der Waals surface area (Å²) in [4.78, 5) is 33.3. The predicted octanol–water partition coefficient (Wildman–Crippen LogP) is 3.27. The highest BCUT2D eigenvalue weighted by molar-refractivity contribution is 7.18. The van der Waals surface area contributed by atoms with Crippen LogP contribution < -0.4 is 16.6 Å². The summed E-state index contributed by atoms with van der Waals surface area (Å²) in [5, 5.41) is 0. The normalized spacial score (nSPS) is 10.8. The molecule has 2 aromatic carbocycles. The van der Waals surface area contributed by atoms with Gasteiger partial charge in [-0.05, 0) is 23.8 Å². The van der Waals surface area contributed by atoms with E-state index in [0.717, 1.165) is 27.3 Å². The smallest absolute Gasteiger partial charge is 0.281 e. The molecule has 2 heterocycles. The van der Waals surface area contributed by atoms with Gasteiger partial charge in [0.05, 0.1) is 16.7 Å². The molecule has 0 radical (unpaired) electrons. The number of thiophene rings is 1. The first-order valence-electron chi connectivity index (χ1n) is 9.07. The number of carbonyl (C=O) groups is 2. The largest absolute Gasteiger partial charge is 0.397 e. The van der Waals surface area contributed by atoms with Crippen molar-refractivity contribution in [1.29, 1.82) is 0 Å². The molecule has 2 aromatic heterocycles. The molecule has 0 unspecified atom stereocenters. The zero-order valence-corrected chi connectivity index (χ0v) is 16.3. The molecule has 0 aliphatic heterocycles. The van der Waals surface area contributed by atoms with Gasteiger partial charge in [0.15, 0.2) is 0 Å². The van der Waals surface area contributed by atoms with Gasteiger partial charge in [0.25, 0.3) is 5.91 Å². The summed E-state index contributed by atoms with van der Waals surface area (Å²) in [7, 11) is 0. The molecule has 0 aliphatic rings. The topological polar surface area (TPSA) is 113 Å². The molecule has 146 valence electrons. The number of hydrogen-bond acceptors (Lipinski definition) is 5. The maximum absolute atomic E-state index is 12.4. The van der Waals surface area contributed by atoms with E-state index < -0.39 is 5.91 Å². The lowest BCUT2D eigenvalue weighted by atomic mass is 10.2. The minimum atomic E-state index is -0.438. The van der Waals surface area contributed by atoms with E-state index in [2.05, 4.69) is 20.8 Å². The van der Waals surface area contributed by atoms with Gasteiger partial charge in [-0.3, -0.25) is 20.4 Å². The summed E-state index contributed by atoms with van der Waals surface area (Å²) in [6.45, 7) is 0. The van der Waals surface area contributed by atoms with Crippen molar-refractivity contribution in [2.24, 2.45) is 0 Å². The van der Waals surface area contributed by atoms with Crippen molar-refractivity contribution in [3.8, 4) is 10.4 Å². The molecule has 0 aliphatic carbocycles. The Morgan fingerprint density at radius 3 is 2.59 bits per heavy atom. The fraction of sp³-hybridized carbons (Fsp3) is 0.0952. The Hall–Kier alpha value is -3.65. The number of amides is 2. The van der Waals surface area contributed by atoms with Crippen LogP contribution in [0.3, 0.4) is 0 Å². The lowest BCUT2D eigenvalue weighted by molar-refractivity contribution is -0.121. The summed E-state index contributed by atoms with van der Waals surface area (Å²) >= 11 is 1.28. The van der Waals surface area contributed by atoms with Gasteiger partial charge in [0.1, 0.15) is 10.7 Å². The SMILES string of the molecule is Nc1cc(-c2ccccc2)sc1C(=O)NNC(=O)CCc1nc2ccccc2[nH]1. The molecular weight excluding hydrogens is 386 g/mol. The van der Waals surface area contributed by atoms with E-state index in [0.29, 0.717) is 17.0 Å². The molecule has 4 aromatic rings. The van der Waals surface area contributed by atoms with Crippen molar-refractivity contribution >= 4 is 39.9 Å². The Morgan fingerprint density at radius 1 is 1.03 bits per heavy atom. The Bertz CT molecular complexity index is 1130. The minimum Gasteiger partial charge on any atom is -0.397 e. The summed E-state index contributed by atoms with van der Waals surface area (Å²) in [6, 6.07) is 19.1. The van der Waals surface area contributed by atoms with Crippen LogP contribution in [0, 0.1) is 0 Å². The van der Waals surface area contributed by atoms with Crippen LogP contribution in [0.4, 0.5) is 5.69 Å². The Morgan fingerprint density at radius 2 is 1.79 bits per heavy atom. The molecular formula is C21H19N5O2S. The van der Waals surface area contributed by atoms with Gasteiger partial charge in [-0.1, -0.05) is 42.5 Å². The molecule has 2 amide bonds. The van der Waals surface area contributed by atoms with Gasteiger partial charge in [-0.2, -0.15) is 0 Å². The Kier molecular flexibility index (Phi) is 5.26. The van der Waals surface area contributed by atoms with Gasteiger partial charge >= 0.3 is 0 Å². The Balaban J connectivity index is 1.32. The number of aromatic nitrogens is 2. The van der Waals surface area contributed by atoms with Gasteiger partial charge in [0, 0.05) is 17.7 Å². The molecule has 0 spiro atoms. The highest BCUT2D eigenvalue weighted by Gasteiger charge is 2.16. The standard InChI is InChI=1S/C21H19N5O2S/c22-14-12-17(13-6-2-1-3-7-13)29-20(14)21(28)26-25-19(27)11-10-18-23-15-8-4-5-9-16(15)24-18/h1-9,12H,10-11,22H2,(H,23,24)(H,25,27)(H,26,28). The number of nitrogens with two attached hydrogens (primary N) is 1. The van der Waals surface area contributed by atoms with Crippen LogP contribution in [0.1, 0.15) is 21.9 Å². The van der Waals surface area contributed by atoms with Crippen molar-refractivity contribution in [3.05, 3.63) is 71.4 Å². The number of benzene rings is 2. The van der Waals surface area contributed by atoms with Crippen LogP contribution in [0.2, 0.25) is 0 Å². The fourth-order valence-electron chi connectivity index (χ4n) is 2.93. The molecule has 0 bridgehead atoms. The van der Waals surface area contributed by atoms with Crippen LogP contribution in [0.25, 0.3) is 21.5 Å². The van der Waals surface area contributed by atoms with E-state index >= 15 is 0 Å². The summed E-state index contributed by atoms with van der Waals surface area (Å²) < 4.78 is 0. The van der Waals surface area contributed by atoms with Crippen molar-refractivity contribution < 1.29 is 9.59 Å². The number of hydrogen-bond donors (Lipinski definition) is 4. The van der Waals surface area contributed by atoms with Crippen molar-refractivity contribution in [2.75, 3.05) is 5.73 Å². The van der Waals surface area contributed by atoms with Crippen molar-refractivity contribution in [1.82, 2.24) is 20.8 Å². The van der Waals surface area contributed by atoms with Gasteiger partial charge in [0.2, 0.25) is 5.91 Å². The first kappa shape index (κ1) is 18.7. The number of nitrogens with one attached hydrogen (secondary N) is 3. The molecule has 29 heavy (non-hydrogen) atoms. The molecule has 0 fully saturated rings. The number of nitrogens with zero attached hydrogens (tertiary/aromatic N) is 1. The van der Waals surface area contributed by atoms with Crippen LogP contribution in [0.5, 0.6) is 0 Å². The second-order valence-corrected chi connectivity index (χ2v) is 7.52. The Labute approximate surface area is 170 Å². The second-order valence-electron chi connectivity index (χ2n) is 6.46. The number of fused-ring (bicyclic) bond motifs is 1. The zero-order valence-electron chi connectivity index (χ0n) is 15.4. The third kappa shape index (κ3) is 4.27. The first-order chi connectivity index (χ1) is 14.1. The van der Waals surface area contributed by atoms with Crippen molar-refractivity contribution in [2.45, 2.75) is 12.8 Å². The van der Waals surface area contributed by atoms with Gasteiger partial charge in [-0.15, -0.1) is 11.3 Å². The number of imidazole rings is 1. The first-order valence-corrected chi connectivity index (χ1v) is 9.89. The number of rotatable bonds is 5. The second kappa shape index (κ2) is 8.15. The van der Waals surface area contributed by atoms with Crippen LogP contribution in [-0.2, 0) is 11.2 Å². The lowest BCUT2D eigenvalue weighted by Gasteiger charge is -2.06. The highest BCUT2D eigenvalue weighted by atomic mass is 32.1. The number of hydrazine groups is 1. The van der Waals surface area contributed by atoms with Gasteiger partial charge in [-0.25, -0.2) is 4.98 Å². The zero-order chi connectivity index (χ0) is 20.2. The molecule has 7 nitrogen and oxygen atoms in total. The average Bonchev–Trinajstić information content (AvgIpc) is 3.34. The summed E-state index contributed by atoms with van der Waals surface area (Å²) in [5.41, 5.74) is 14.0. The van der Waals surface area contributed by atoms with Gasteiger partial charge < -0.3 is 10.7 Å². The fourth-order valence-corrected chi connectivity index (χ4v) is 3.91. The molecule has 0 atom stereocenters. The number of nitrogen functional groups attached to an aromatic ring is 1. The minimum absolute atomic E-state index is 0.190. The number of aryl methyl sites for hydroxylation is 1. The quantitative estimate of drug-likeness (QED) is 0.382. The number of para-hydroxylation sites is 2. The van der Waals surface area contributed by atoms with Crippen LogP contribution in [-0.4, -0.2) is 21.8 Å². The number of anilines is 1. The predicted molar refractivity (Wildman–Crippen MR) is 114 cm³/mol. The molecule has 5 N–H and O–H groups in total. The summed E-state index contributed by atoms with van der Waals surface area (Å²) in [6.07, 6.45) is 0.630. The number of carbonyl (C=O) groups excluding carboxylic acids is 2. The lowest BCUT2D eigenvalue weighted by Crippen LogP contribution is -2.41. The molecule has 0 saturated heterocycles. The molecule has 0 saturated carbocycles. The van der Waals surface area contributed by atoms with E-state index in [1.807, 2.05) is 54.6 Å². The maximum atomic E-state index is 12.4. The monoisotopic (exact) mass is 405 g/mol. The van der Waals surface area contributed by atoms with E-state index in [-0.39, 0.29) is 12.3 Å². The highest BCUT2D eigenvalue weighted by Crippen LogP contribution is 2.32. The van der Waals surface area contributed by atoms with Crippen LogP contribution in [0.15, 0.2) is 60.7 Å². The third-order valence-corrected chi connectivity index (χ3v) is 5.57. The molecule has 4 rings (SSSR count). The van der Waals surface area contributed by atoms with Crippen LogP contribution >= 0.6 is 11.3 Å². The van der Waals surface area contributed by atoms with Crippen molar-refractivity contribution in [3.63, 3.8) is 0 Å². The van der Waals surface area contributed by atoms with E-state index in [1.165, 1.54) is 11.3 Å². The third-order valence-electron chi connectivity index (χ3n) is 4.37. The van der Waals surface area contributed by atoms with E-state index in [4.69, 9.17) is 5.73 Å². The summed E-state index contributed by atoms with van der Waals surface area (Å²) in [5.74, 6) is -0.0216. The molecule has 8 heteroatoms. The van der Waals surface area contributed by atoms with E-state index in [9.17, 15) is 9.59 Å². The number of aromatic amines is 1.